The zero-order valence-corrected chi connectivity index (χ0v) is 27.2. The zero-order valence-electron chi connectivity index (χ0n) is 26.4. The second-order valence-corrected chi connectivity index (χ2v) is 12.4. The van der Waals surface area contributed by atoms with E-state index in [4.69, 9.17) is 10.5 Å². The van der Waals surface area contributed by atoms with E-state index in [9.17, 15) is 14.4 Å². The van der Waals surface area contributed by atoms with Crippen LogP contribution in [-0.2, 0) is 7.05 Å². The summed E-state index contributed by atoms with van der Waals surface area (Å²) in [5.41, 5.74) is 11.9. The Labute approximate surface area is 281 Å². The second-order valence-electron chi connectivity index (χ2n) is 11.5. The number of amides is 3. The molecule has 0 aliphatic carbocycles. The number of nitrogens with zero attached hydrogens (tertiary/aromatic N) is 3. The van der Waals surface area contributed by atoms with Gasteiger partial charge in [-0.1, -0.05) is 48.2 Å². The van der Waals surface area contributed by atoms with Gasteiger partial charge in [-0.15, -0.1) is 11.3 Å². The summed E-state index contributed by atoms with van der Waals surface area (Å²) in [5.74, 6) is 6.68. The van der Waals surface area contributed by atoms with Gasteiger partial charge in [-0.3, -0.25) is 19.3 Å². The molecule has 4 heterocycles. The van der Waals surface area contributed by atoms with Gasteiger partial charge in [0.1, 0.15) is 17.3 Å². The number of nitrogen functional groups attached to an aromatic ring is 1. The third-order valence-corrected chi connectivity index (χ3v) is 9.62. The third-order valence-electron chi connectivity index (χ3n) is 8.60. The number of hydrogen-bond donors (Lipinski definition) is 2. The summed E-state index contributed by atoms with van der Waals surface area (Å²) in [5, 5.41) is 6.83. The minimum atomic E-state index is -0.235. The standard InChI is InChI=1S/C38H31N5O4S/c1-42-30-15-9-6-11-24(30)19-31(42)36(44)41-29-17-16-23(20-32(29)47-2)28-22-48-34-25(21-40-35(39)33(28)34)12-5-3-4-10-18-43-37(45)26-13-7-8-14-27(26)38(43)46/h6-9,11,13-17,19-22H,3-4,10,18H2,1-2H3,(H2,39,40)(H,41,44). The van der Waals surface area contributed by atoms with E-state index in [2.05, 4.69) is 22.1 Å². The minimum Gasteiger partial charge on any atom is -0.495 e. The number of rotatable bonds is 8. The van der Waals surface area contributed by atoms with Gasteiger partial charge in [-0.2, -0.15) is 0 Å². The first-order valence-electron chi connectivity index (χ1n) is 15.5. The molecule has 3 aromatic heterocycles. The maximum absolute atomic E-state index is 13.3. The number of carbonyl (C=O) groups excluding carboxylic acids is 3. The fourth-order valence-corrected chi connectivity index (χ4v) is 7.16. The monoisotopic (exact) mass is 653 g/mol. The summed E-state index contributed by atoms with van der Waals surface area (Å²) >= 11 is 1.54. The van der Waals surface area contributed by atoms with Crippen molar-refractivity contribution < 1.29 is 19.1 Å². The lowest BCUT2D eigenvalue weighted by molar-refractivity contribution is 0.0651. The highest BCUT2D eigenvalue weighted by Gasteiger charge is 2.34. The number of carbonyl (C=O) groups is 3. The number of nitrogens with one attached hydrogen (secondary N) is 1. The van der Waals surface area contributed by atoms with Crippen molar-refractivity contribution in [2.24, 2.45) is 7.05 Å². The summed E-state index contributed by atoms with van der Waals surface area (Å²) in [4.78, 5) is 44.2. The van der Waals surface area contributed by atoms with Gasteiger partial charge in [0.05, 0.1) is 34.2 Å². The van der Waals surface area contributed by atoms with Crippen LogP contribution in [0.25, 0.3) is 32.1 Å². The number of aromatic nitrogens is 2. The van der Waals surface area contributed by atoms with Crippen molar-refractivity contribution >= 4 is 61.6 Å². The molecule has 0 radical (unpaired) electrons. The lowest BCUT2D eigenvalue weighted by Gasteiger charge is -2.13. The Morgan fingerprint density at radius 3 is 2.48 bits per heavy atom. The van der Waals surface area contributed by atoms with Crippen molar-refractivity contribution in [3.8, 4) is 28.7 Å². The van der Waals surface area contributed by atoms with Gasteiger partial charge in [0, 0.05) is 48.1 Å². The normalized spacial score (nSPS) is 12.3. The largest absolute Gasteiger partial charge is 0.495 e. The van der Waals surface area contributed by atoms with Crippen LogP contribution in [-0.4, -0.2) is 45.8 Å². The number of methoxy groups -OCH3 is 1. The van der Waals surface area contributed by atoms with Crippen LogP contribution in [0.15, 0.2) is 84.4 Å². The molecule has 0 fully saturated rings. The fourth-order valence-electron chi connectivity index (χ4n) is 6.11. The van der Waals surface area contributed by atoms with Crippen LogP contribution in [0.2, 0.25) is 0 Å². The number of nitrogens with two attached hydrogens (primary N) is 1. The molecule has 7 rings (SSSR count). The molecule has 3 N–H and O–H groups in total. The topological polar surface area (TPSA) is 120 Å². The van der Waals surface area contributed by atoms with E-state index in [1.165, 1.54) is 4.90 Å². The molecule has 9 nitrogen and oxygen atoms in total. The summed E-state index contributed by atoms with van der Waals surface area (Å²) < 4.78 is 8.50. The molecule has 48 heavy (non-hydrogen) atoms. The Hall–Kier alpha value is -5.92. The molecule has 238 valence electrons. The van der Waals surface area contributed by atoms with Crippen molar-refractivity contribution in [2.75, 3.05) is 24.7 Å². The van der Waals surface area contributed by atoms with Gasteiger partial charge >= 0.3 is 0 Å². The summed E-state index contributed by atoms with van der Waals surface area (Å²) in [6.07, 6.45) is 3.70. The molecule has 0 saturated carbocycles. The molecule has 10 heteroatoms. The van der Waals surface area contributed by atoms with Crippen LogP contribution in [0.1, 0.15) is 56.0 Å². The number of hydrogen-bond acceptors (Lipinski definition) is 7. The SMILES string of the molecule is COc1cc(-c2csc3c(C#CCCCCN4C(=O)c5ccccc5C4=O)cnc(N)c23)ccc1NC(=O)c1cc2ccccc2n1C. The number of benzene rings is 3. The minimum absolute atomic E-state index is 0.233. The Morgan fingerprint density at radius 1 is 0.979 bits per heavy atom. The van der Waals surface area contributed by atoms with Gasteiger partial charge < -0.3 is 20.4 Å². The summed E-state index contributed by atoms with van der Waals surface area (Å²) in [6.45, 7) is 0.366. The second kappa shape index (κ2) is 12.7. The number of unbranched alkanes of at least 4 members (excludes halogenated alkanes) is 2. The van der Waals surface area contributed by atoms with Crippen molar-refractivity contribution in [2.45, 2.75) is 19.3 Å². The first-order valence-corrected chi connectivity index (χ1v) is 16.4. The van der Waals surface area contributed by atoms with Crippen molar-refractivity contribution in [3.63, 3.8) is 0 Å². The van der Waals surface area contributed by atoms with Gasteiger partial charge in [0.15, 0.2) is 0 Å². The van der Waals surface area contributed by atoms with Crippen LogP contribution in [0.4, 0.5) is 11.5 Å². The van der Waals surface area contributed by atoms with Crippen LogP contribution in [0.5, 0.6) is 5.75 Å². The summed E-state index contributed by atoms with van der Waals surface area (Å²) in [6, 6.07) is 22.3. The Bertz CT molecular complexity index is 2290. The number of pyridine rings is 1. The predicted molar refractivity (Wildman–Crippen MR) is 189 cm³/mol. The van der Waals surface area contributed by atoms with Gasteiger partial charge in [-0.25, -0.2) is 4.98 Å². The van der Waals surface area contributed by atoms with E-state index < -0.39 is 0 Å². The quantitative estimate of drug-likeness (QED) is 0.103. The molecule has 3 aromatic carbocycles. The van der Waals surface area contributed by atoms with E-state index in [0.29, 0.717) is 53.5 Å². The van der Waals surface area contributed by atoms with Crippen LogP contribution in [0.3, 0.4) is 0 Å². The molecule has 0 saturated heterocycles. The predicted octanol–water partition coefficient (Wildman–Crippen LogP) is 7.12. The molecule has 0 atom stereocenters. The number of anilines is 2. The van der Waals surface area contributed by atoms with E-state index in [-0.39, 0.29) is 17.7 Å². The van der Waals surface area contributed by atoms with Gasteiger partial charge in [-0.05, 0) is 60.2 Å². The van der Waals surface area contributed by atoms with E-state index >= 15 is 0 Å². The molecule has 0 spiro atoms. The van der Waals surface area contributed by atoms with Crippen LogP contribution >= 0.6 is 11.3 Å². The van der Waals surface area contributed by atoms with Crippen molar-refractivity contribution in [1.82, 2.24) is 14.5 Å². The van der Waals surface area contributed by atoms with Gasteiger partial charge in [0.2, 0.25) is 0 Å². The average Bonchev–Trinajstić information content (AvgIpc) is 3.77. The third kappa shape index (κ3) is 5.44. The number of aryl methyl sites for hydroxylation is 1. The zero-order chi connectivity index (χ0) is 33.4. The molecule has 0 bridgehead atoms. The molecule has 3 amide bonds. The van der Waals surface area contributed by atoms with E-state index in [1.807, 2.05) is 65.5 Å². The number of para-hydroxylation sites is 1. The Balaban J connectivity index is 1.05. The Morgan fingerprint density at radius 2 is 1.73 bits per heavy atom. The maximum atomic E-state index is 13.3. The lowest BCUT2D eigenvalue weighted by atomic mass is 10.0. The fraction of sp³-hybridized carbons (Fsp3) is 0.158. The highest BCUT2D eigenvalue weighted by Crippen LogP contribution is 2.40. The molecule has 6 aromatic rings. The molecule has 0 unspecified atom stereocenters. The lowest BCUT2D eigenvalue weighted by Crippen LogP contribution is -2.30. The van der Waals surface area contributed by atoms with E-state index in [1.54, 1.807) is 48.9 Å². The molecular formula is C38H31N5O4S. The molecule has 1 aliphatic rings. The van der Waals surface area contributed by atoms with E-state index in [0.717, 1.165) is 44.1 Å². The number of fused-ring (bicyclic) bond motifs is 3. The Kier molecular flexibility index (Phi) is 8.13. The highest BCUT2D eigenvalue weighted by molar-refractivity contribution is 7.18. The molecule has 1 aliphatic heterocycles. The molecular weight excluding hydrogens is 623 g/mol. The van der Waals surface area contributed by atoms with Crippen molar-refractivity contribution in [1.29, 1.82) is 0 Å². The van der Waals surface area contributed by atoms with Crippen LogP contribution < -0.4 is 15.8 Å². The van der Waals surface area contributed by atoms with Crippen molar-refractivity contribution in [3.05, 3.63) is 107 Å². The highest BCUT2D eigenvalue weighted by atomic mass is 32.1. The summed E-state index contributed by atoms with van der Waals surface area (Å²) in [7, 11) is 3.44. The first-order chi connectivity index (χ1) is 23.4. The van der Waals surface area contributed by atoms with Gasteiger partial charge in [0.25, 0.3) is 17.7 Å². The smallest absolute Gasteiger partial charge is 0.272 e. The van der Waals surface area contributed by atoms with Crippen LogP contribution in [0, 0.1) is 11.8 Å². The number of thiophene rings is 1. The number of ether oxygens (including phenoxy) is 1. The number of imide groups is 1. The first kappa shape index (κ1) is 30.7. The maximum Gasteiger partial charge on any atom is 0.272 e. The average molecular weight is 654 g/mol.